The van der Waals surface area contributed by atoms with Gasteiger partial charge in [0.25, 0.3) is 0 Å². The standard InChI is InChI=1S/C11H11ClN2O2S2/c12-10-8-5-3-6(5)11(17-1-2-18-11)9(8)13-14(10)4-7(15)16/h5-6H,1-4H2,(H,15,16)/t5-,6+/m0/s1. The lowest BCUT2D eigenvalue weighted by Crippen LogP contribution is -2.18. The Morgan fingerprint density at radius 3 is 2.94 bits per heavy atom. The van der Waals surface area contributed by atoms with Crippen LogP contribution in [0.5, 0.6) is 0 Å². The first kappa shape index (κ1) is 11.5. The Balaban J connectivity index is 1.83. The van der Waals surface area contributed by atoms with Gasteiger partial charge in [-0.25, -0.2) is 4.68 Å². The van der Waals surface area contributed by atoms with Gasteiger partial charge < -0.3 is 5.11 Å². The molecule has 1 N–H and O–H groups in total. The molecule has 0 aromatic carbocycles. The summed E-state index contributed by atoms with van der Waals surface area (Å²) in [5.74, 6) is 2.59. The number of aliphatic carboxylic acids is 1. The van der Waals surface area contributed by atoms with Gasteiger partial charge in [-0.1, -0.05) is 11.6 Å². The van der Waals surface area contributed by atoms with E-state index in [0.29, 0.717) is 17.0 Å². The maximum Gasteiger partial charge on any atom is 0.325 e. The highest BCUT2D eigenvalue weighted by Gasteiger charge is 2.66. The number of carbonyl (C=O) groups is 1. The van der Waals surface area contributed by atoms with Crippen LogP contribution in [0.4, 0.5) is 0 Å². The van der Waals surface area contributed by atoms with Crippen molar-refractivity contribution < 1.29 is 9.90 Å². The summed E-state index contributed by atoms with van der Waals surface area (Å²) in [7, 11) is 0. The predicted octanol–water partition coefficient (Wildman–Crippen LogP) is 2.37. The number of aromatic nitrogens is 2. The number of hydrogen-bond acceptors (Lipinski definition) is 4. The molecule has 0 amide bonds. The van der Waals surface area contributed by atoms with Crippen molar-refractivity contribution in [2.24, 2.45) is 5.92 Å². The molecule has 1 aromatic rings. The largest absolute Gasteiger partial charge is 0.480 e. The highest BCUT2D eigenvalue weighted by Crippen LogP contribution is 2.75. The number of hydrogen-bond donors (Lipinski definition) is 1. The van der Waals surface area contributed by atoms with Crippen LogP contribution in [0.25, 0.3) is 0 Å². The van der Waals surface area contributed by atoms with Crippen LogP contribution in [0.15, 0.2) is 0 Å². The van der Waals surface area contributed by atoms with Crippen LogP contribution in [0.1, 0.15) is 23.6 Å². The van der Waals surface area contributed by atoms with E-state index in [0.717, 1.165) is 22.8 Å². The molecule has 2 atom stereocenters. The maximum atomic E-state index is 10.8. The van der Waals surface area contributed by atoms with Crippen LogP contribution in [0.2, 0.25) is 5.15 Å². The van der Waals surface area contributed by atoms with Crippen molar-refractivity contribution in [2.45, 2.75) is 23.0 Å². The smallest absolute Gasteiger partial charge is 0.325 e. The Hall–Kier alpha value is -0.330. The minimum atomic E-state index is -0.897. The second kappa shape index (κ2) is 3.61. The molecule has 1 saturated heterocycles. The first-order chi connectivity index (χ1) is 8.63. The summed E-state index contributed by atoms with van der Waals surface area (Å²) < 4.78 is 1.53. The molecule has 2 aliphatic carbocycles. The zero-order valence-electron chi connectivity index (χ0n) is 9.43. The molecule has 1 spiro atoms. The van der Waals surface area contributed by atoms with E-state index in [9.17, 15) is 4.79 Å². The minimum absolute atomic E-state index is 0.0768. The fraction of sp³-hybridized carbons (Fsp3) is 0.636. The second-order valence-electron chi connectivity index (χ2n) is 4.92. The molecule has 2 heterocycles. The van der Waals surface area contributed by atoms with Crippen LogP contribution in [0, 0.1) is 5.92 Å². The summed E-state index contributed by atoms with van der Waals surface area (Å²) in [6.07, 6.45) is 1.19. The molecule has 4 nitrogen and oxygen atoms in total. The molecule has 96 valence electrons. The third-order valence-electron chi connectivity index (χ3n) is 3.91. The average molecular weight is 303 g/mol. The number of thioether (sulfide) groups is 2. The van der Waals surface area contributed by atoms with Gasteiger partial charge in [0.05, 0.1) is 5.69 Å². The zero-order valence-corrected chi connectivity index (χ0v) is 11.8. The summed E-state index contributed by atoms with van der Waals surface area (Å²) >= 11 is 10.2. The lowest BCUT2D eigenvalue weighted by molar-refractivity contribution is -0.137. The first-order valence-electron chi connectivity index (χ1n) is 5.90. The Labute approximate surface area is 117 Å². The minimum Gasteiger partial charge on any atom is -0.480 e. The molecule has 1 saturated carbocycles. The monoisotopic (exact) mass is 302 g/mol. The Morgan fingerprint density at radius 2 is 2.28 bits per heavy atom. The van der Waals surface area contributed by atoms with Gasteiger partial charge in [0, 0.05) is 17.1 Å². The molecule has 7 heteroatoms. The van der Waals surface area contributed by atoms with Crippen LogP contribution in [-0.4, -0.2) is 32.4 Å². The van der Waals surface area contributed by atoms with Gasteiger partial charge in [-0.05, 0) is 18.3 Å². The van der Waals surface area contributed by atoms with Crippen molar-refractivity contribution in [3.05, 3.63) is 16.4 Å². The molecule has 0 bridgehead atoms. The van der Waals surface area contributed by atoms with E-state index >= 15 is 0 Å². The number of carboxylic acids is 1. The summed E-state index contributed by atoms with van der Waals surface area (Å²) in [4.78, 5) is 10.8. The number of halogens is 1. The van der Waals surface area contributed by atoms with Crippen molar-refractivity contribution in [2.75, 3.05) is 11.5 Å². The van der Waals surface area contributed by atoms with E-state index in [1.807, 2.05) is 23.5 Å². The van der Waals surface area contributed by atoms with Crippen LogP contribution < -0.4 is 0 Å². The molecule has 4 rings (SSSR count). The molecular formula is C11H11ClN2O2S2. The van der Waals surface area contributed by atoms with E-state index in [1.54, 1.807) is 0 Å². The number of carboxylic acid groups (broad SMARTS) is 1. The lowest BCUT2D eigenvalue weighted by Gasteiger charge is -2.22. The number of rotatable bonds is 2. The van der Waals surface area contributed by atoms with Gasteiger partial charge in [0.2, 0.25) is 0 Å². The van der Waals surface area contributed by atoms with Gasteiger partial charge in [0.15, 0.2) is 0 Å². The van der Waals surface area contributed by atoms with E-state index in [-0.39, 0.29) is 10.6 Å². The summed E-state index contributed by atoms with van der Waals surface area (Å²) in [6, 6.07) is 0. The van der Waals surface area contributed by atoms with Gasteiger partial charge in [0.1, 0.15) is 15.8 Å². The van der Waals surface area contributed by atoms with Crippen molar-refractivity contribution in [3.63, 3.8) is 0 Å². The zero-order chi connectivity index (χ0) is 12.5. The van der Waals surface area contributed by atoms with Crippen LogP contribution in [0.3, 0.4) is 0 Å². The number of nitrogens with zero attached hydrogens (tertiary/aromatic N) is 2. The average Bonchev–Trinajstić information content (AvgIpc) is 2.74. The van der Waals surface area contributed by atoms with Crippen molar-refractivity contribution in [1.29, 1.82) is 0 Å². The number of fused-ring (bicyclic) bond motifs is 5. The SMILES string of the molecule is O=C(O)Cn1nc2c(c1Cl)[C@H]1C[C@H]1C21SCCS1. The Bertz CT molecular complexity index is 553. The summed E-state index contributed by atoms with van der Waals surface area (Å²) in [6.45, 7) is -0.144. The van der Waals surface area contributed by atoms with Crippen molar-refractivity contribution >= 4 is 41.1 Å². The quantitative estimate of drug-likeness (QED) is 0.909. The molecule has 18 heavy (non-hydrogen) atoms. The second-order valence-corrected chi connectivity index (χ2v) is 8.22. The molecule has 2 fully saturated rings. The van der Waals surface area contributed by atoms with E-state index in [2.05, 4.69) is 5.10 Å². The summed E-state index contributed by atoms with van der Waals surface area (Å²) in [5, 5.41) is 13.9. The topological polar surface area (TPSA) is 55.1 Å². The van der Waals surface area contributed by atoms with Crippen molar-refractivity contribution in [1.82, 2.24) is 9.78 Å². The molecule has 1 aromatic heterocycles. The third kappa shape index (κ3) is 1.31. The highest BCUT2D eigenvalue weighted by molar-refractivity contribution is 8.20. The Morgan fingerprint density at radius 1 is 1.56 bits per heavy atom. The van der Waals surface area contributed by atoms with Crippen molar-refractivity contribution in [3.8, 4) is 0 Å². The predicted molar refractivity (Wildman–Crippen MR) is 72.3 cm³/mol. The Kier molecular flexibility index (Phi) is 2.31. The van der Waals surface area contributed by atoms with Gasteiger partial charge in [-0.2, -0.15) is 5.10 Å². The first-order valence-corrected chi connectivity index (χ1v) is 8.25. The van der Waals surface area contributed by atoms with E-state index < -0.39 is 5.97 Å². The van der Waals surface area contributed by atoms with Gasteiger partial charge in [-0.15, -0.1) is 23.5 Å². The van der Waals surface area contributed by atoms with E-state index in [4.69, 9.17) is 16.7 Å². The molecule has 1 aliphatic heterocycles. The normalized spacial score (nSPS) is 30.5. The highest BCUT2D eigenvalue weighted by atomic mass is 35.5. The van der Waals surface area contributed by atoms with Gasteiger partial charge >= 0.3 is 5.97 Å². The van der Waals surface area contributed by atoms with E-state index in [1.165, 1.54) is 11.1 Å². The molecule has 0 radical (unpaired) electrons. The fourth-order valence-electron chi connectivity index (χ4n) is 3.16. The van der Waals surface area contributed by atoms with Crippen LogP contribution in [-0.2, 0) is 15.4 Å². The van der Waals surface area contributed by atoms with Crippen LogP contribution >= 0.6 is 35.1 Å². The maximum absolute atomic E-state index is 10.8. The van der Waals surface area contributed by atoms with Gasteiger partial charge in [-0.3, -0.25) is 4.79 Å². The lowest BCUT2D eigenvalue weighted by atomic mass is 10.2. The third-order valence-corrected chi connectivity index (χ3v) is 7.94. The fourth-order valence-corrected chi connectivity index (χ4v) is 7.12. The summed E-state index contributed by atoms with van der Waals surface area (Å²) in [5.41, 5.74) is 2.19. The molecule has 0 unspecified atom stereocenters. The molecular weight excluding hydrogens is 292 g/mol. The molecule has 3 aliphatic rings.